The van der Waals surface area contributed by atoms with Crippen LogP contribution in [0.2, 0.25) is 5.02 Å². The van der Waals surface area contributed by atoms with E-state index >= 15 is 0 Å². The molecule has 0 spiro atoms. The van der Waals surface area contributed by atoms with Crippen LogP contribution in [0, 0.1) is 11.6 Å². The van der Waals surface area contributed by atoms with Gasteiger partial charge in [0.15, 0.2) is 11.6 Å². The molecule has 2 saturated heterocycles. The van der Waals surface area contributed by atoms with Gasteiger partial charge in [-0.25, -0.2) is 8.78 Å². The highest BCUT2D eigenvalue weighted by Crippen LogP contribution is 2.38. The fourth-order valence-electron chi connectivity index (χ4n) is 5.09. The molecule has 3 aromatic carbocycles. The summed E-state index contributed by atoms with van der Waals surface area (Å²) in [6, 6.07) is 19.2. The predicted molar refractivity (Wildman–Crippen MR) is 136 cm³/mol. The van der Waals surface area contributed by atoms with Gasteiger partial charge in [-0.3, -0.25) is 4.79 Å². The van der Waals surface area contributed by atoms with Crippen LogP contribution in [-0.2, 0) is 11.5 Å². The fourth-order valence-corrected chi connectivity index (χ4v) is 6.38. The van der Waals surface area contributed by atoms with Crippen LogP contribution in [0.4, 0.5) is 8.78 Å². The molecule has 0 aliphatic carbocycles. The Balaban J connectivity index is 1.17. The van der Waals surface area contributed by atoms with Gasteiger partial charge in [-0.05, 0) is 54.3 Å². The number of rotatable bonds is 7. The molecule has 0 saturated carbocycles. The summed E-state index contributed by atoms with van der Waals surface area (Å²) >= 11 is 8.02. The second-order valence-corrected chi connectivity index (χ2v) is 10.6. The fraction of sp³-hybridized carbons (Fsp3) is 0.321. The number of carbonyl (C=O) groups is 1. The van der Waals surface area contributed by atoms with Crippen LogP contribution in [0.15, 0.2) is 66.7 Å². The molecule has 2 aliphatic rings. The zero-order chi connectivity index (χ0) is 24.4. The summed E-state index contributed by atoms with van der Waals surface area (Å²) in [5.41, 5.74) is 2.97. The lowest BCUT2D eigenvalue weighted by molar-refractivity contribution is 0.0349. The first-order valence-corrected chi connectivity index (χ1v) is 13.4. The summed E-state index contributed by atoms with van der Waals surface area (Å²) < 4.78 is 33.1. The molecule has 3 nitrogen and oxygen atoms in total. The predicted octanol–water partition coefficient (Wildman–Crippen LogP) is 7.27. The van der Waals surface area contributed by atoms with E-state index in [0.29, 0.717) is 18.4 Å². The van der Waals surface area contributed by atoms with E-state index in [9.17, 15) is 13.6 Å². The standard InChI is InChI=1S/C28H26ClF2NO2S/c29-25-4-2-1-3-20(25)17-35-16-18-5-7-19(8-6-18)28(33)32-22-10-11-23(32)15-24(14-22)34-27-12-9-21(30)13-26(27)31/h1-9,12-13,22-24H,10-11,14-17H2. The third-order valence-electron chi connectivity index (χ3n) is 6.80. The summed E-state index contributed by atoms with van der Waals surface area (Å²) in [7, 11) is 0. The minimum absolute atomic E-state index is 0.0409. The van der Waals surface area contributed by atoms with Gasteiger partial charge in [0.25, 0.3) is 5.91 Å². The molecule has 3 aromatic rings. The van der Waals surface area contributed by atoms with Crippen molar-refractivity contribution in [1.82, 2.24) is 4.90 Å². The van der Waals surface area contributed by atoms with Crippen molar-refractivity contribution in [2.75, 3.05) is 0 Å². The zero-order valence-corrected chi connectivity index (χ0v) is 20.7. The number of halogens is 3. The highest BCUT2D eigenvalue weighted by Gasteiger charge is 2.44. The number of thioether (sulfide) groups is 1. The number of benzene rings is 3. The third kappa shape index (κ3) is 5.49. The van der Waals surface area contributed by atoms with Gasteiger partial charge in [-0.1, -0.05) is 41.9 Å². The molecule has 1 amide bonds. The summed E-state index contributed by atoms with van der Waals surface area (Å²) in [5, 5.41) is 0.785. The number of fused-ring (bicyclic) bond motifs is 2. The normalized spacial score (nSPS) is 21.2. The number of piperidine rings is 1. The smallest absolute Gasteiger partial charge is 0.254 e. The molecule has 35 heavy (non-hydrogen) atoms. The van der Waals surface area contributed by atoms with E-state index in [1.165, 1.54) is 12.1 Å². The Bertz CT molecular complexity index is 1190. The van der Waals surface area contributed by atoms with E-state index in [4.69, 9.17) is 16.3 Å². The van der Waals surface area contributed by atoms with Gasteiger partial charge in [0.05, 0.1) is 0 Å². The Hall–Kier alpha value is -2.57. The third-order valence-corrected chi connectivity index (χ3v) is 8.22. The first-order chi connectivity index (χ1) is 17.0. The lowest BCUT2D eigenvalue weighted by atomic mass is 9.98. The summed E-state index contributed by atoms with van der Waals surface area (Å²) in [5.74, 6) is 0.468. The molecule has 2 atom stereocenters. The molecular weight excluding hydrogens is 488 g/mol. The maximum absolute atomic E-state index is 14.0. The second kappa shape index (κ2) is 10.6. The lowest BCUT2D eigenvalue weighted by Crippen LogP contribution is -2.49. The van der Waals surface area contributed by atoms with Crippen LogP contribution in [-0.4, -0.2) is 29.0 Å². The quantitative estimate of drug-likeness (QED) is 0.333. The number of hydrogen-bond acceptors (Lipinski definition) is 3. The number of nitrogens with zero attached hydrogens (tertiary/aromatic N) is 1. The Kier molecular flexibility index (Phi) is 7.30. The van der Waals surface area contributed by atoms with E-state index < -0.39 is 11.6 Å². The first kappa shape index (κ1) is 24.1. The Labute approximate surface area is 213 Å². The second-order valence-electron chi connectivity index (χ2n) is 9.16. The van der Waals surface area contributed by atoms with Gasteiger partial charge in [-0.15, -0.1) is 0 Å². The van der Waals surface area contributed by atoms with Crippen molar-refractivity contribution in [3.8, 4) is 5.75 Å². The van der Waals surface area contributed by atoms with E-state index in [-0.39, 0.29) is 29.8 Å². The number of amides is 1. The minimum Gasteiger partial charge on any atom is -0.487 e. The number of hydrogen-bond donors (Lipinski definition) is 0. The molecule has 2 aliphatic heterocycles. The van der Waals surface area contributed by atoms with Gasteiger partial charge in [0.2, 0.25) is 0 Å². The highest BCUT2D eigenvalue weighted by atomic mass is 35.5. The molecule has 2 unspecified atom stereocenters. The molecular formula is C28H26ClF2NO2S. The molecule has 0 aromatic heterocycles. The zero-order valence-electron chi connectivity index (χ0n) is 19.1. The van der Waals surface area contributed by atoms with Crippen LogP contribution in [0.25, 0.3) is 0 Å². The van der Waals surface area contributed by atoms with Crippen molar-refractivity contribution in [3.63, 3.8) is 0 Å². The summed E-state index contributed by atoms with van der Waals surface area (Å²) in [4.78, 5) is 15.3. The van der Waals surface area contributed by atoms with Crippen molar-refractivity contribution in [1.29, 1.82) is 0 Å². The lowest BCUT2D eigenvalue weighted by Gasteiger charge is -2.39. The number of carbonyl (C=O) groups excluding carboxylic acids is 1. The largest absolute Gasteiger partial charge is 0.487 e. The van der Waals surface area contributed by atoms with Gasteiger partial charge in [0, 0.05) is 53.1 Å². The van der Waals surface area contributed by atoms with Crippen molar-refractivity contribution in [2.45, 2.75) is 55.4 Å². The number of ether oxygens (including phenoxy) is 1. The average molecular weight is 514 g/mol. The Morgan fingerprint density at radius 2 is 1.69 bits per heavy atom. The van der Waals surface area contributed by atoms with Crippen LogP contribution in [0.1, 0.15) is 47.2 Å². The minimum atomic E-state index is -0.694. The molecule has 2 fully saturated rings. The van der Waals surface area contributed by atoms with E-state index in [1.807, 2.05) is 53.4 Å². The van der Waals surface area contributed by atoms with Crippen LogP contribution >= 0.6 is 23.4 Å². The van der Waals surface area contributed by atoms with Crippen LogP contribution in [0.5, 0.6) is 5.75 Å². The monoisotopic (exact) mass is 513 g/mol. The highest BCUT2D eigenvalue weighted by molar-refractivity contribution is 7.97. The van der Waals surface area contributed by atoms with Crippen molar-refractivity contribution < 1.29 is 18.3 Å². The summed E-state index contributed by atoms with van der Waals surface area (Å²) in [6.07, 6.45) is 2.94. The maximum atomic E-state index is 14.0. The maximum Gasteiger partial charge on any atom is 0.254 e. The summed E-state index contributed by atoms with van der Waals surface area (Å²) in [6.45, 7) is 0. The van der Waals surface area contributed by atoms with E-state index in [1.54, 1.807) is 11.8 Å². The first-order valence-electron chi connectivity index (χ1n) is 11.8. The van der Waals surface area contributed by atoms with Gasteiger partial charge in [0.1, 0.15) is 11.9 Å². The van der Waals surface area contributed by atoms with Gasteiger partial charge < -0.3 is 9.64 Å². The van der Waals surface area contributed by atoms with Gasteiger partial charge in [-0.2, -0.15) is 11.8 Å². The molecule has 2 heterocycles. The van der Waals surface area contributed by atoms with Crippen molar-refractivity contribution in [3.05, 3.63) is 100 Å². The molecule has 2 bridgehead atoms. The van der Waals surface area contributed by atoms with Crippen molar-refractivity contribution >= 4 is 29.3 Å². The van der Waals surface area contributed by atoms with Gasteiger partial charge >= 0.3 is 0 Å². The average Bonchev–Trinajstić information content (AvgIpc) is 3.12. The van der Waals surface area contributed by atoms with Crippen LogP contribution in [0.3, 0.4) is 0 Å². The van der Waals surface area contributed by atoms with Crippen LogP contribution < -0.4 is 4.74 Å². The van der Waals surface area contributed by atoms with E-state index in [2.05, 4.69) is 0 Å². The Morgan fingerprint density at radius 1 is 0.971 bits per heavy atom. The molecule has 182 valence electrons. The topological polar surface area (TPSA) is 29.5 Å². The SMILES string of the molecule is O=C(c1ccc(CSCc2ccccc2Cl)cc1)N1C2CCC1CC(Oc1ccc(F)cc1F)C2. The molecule has 0 N–H and O–H groups in total. The van der Waals surface area contributed by atoms with Crippen molar-refractivity contribution in [2.24, 2.45) is 0 Å². The molecule has 5 rings (SSSR count). The Morgan fingerprint density at radius 3 is 2.37 bits per heavy atom. The molecule has 0 radical (unpaired) electrons. The van der Waals surface area contributed by atoms with E-state index in [0.717, 1.165) is 46.6 Å². The molecule has 7 heteroatoms.